The predicted octanol–water partition coefficient (Wildman–Crippen LogP) is 5.15. The van der Waals surface area contributed by atoms with Crippen molar-refractivity contribution in [2.75, 3.05) is 39.9 Å². The molecule has 1 fully saturated rings. The van der Waals surface area contributed by atoms with Crippen molar-refractivity contribution < 1.29 is 22.6 Å². The molecule has 0 aromatic heterocycles. The summed E-state index contributed by atoms with van der Waals surface area (Å²) in [6.45, 7) is 5.49. The number of nitrogens with one attached hydrogen (secondary N) is 1. The molecule has 1 aliphatic rings. The highest BCUT2D eigenvalue weighted by molar-refractivity contribution is 6.31. The molecule has 4 nitrogen and oxygen atoms in total. The SMILES string of the molecule is CCOc1ccc(C(c2ccc(Cl)c(C(F)(F)F)c2)N2CCCNCC2)cc1OC. The van der Waals surface area contributed by atoms with Crippen LogP contribution >= 0.6 is 11.6 Å². The van der Waals surface area contributed by atoms with Gasteiger partial charge in [-0.3, -0.25) is 4.90 Å². The van der Waals surface area contributed by atoms with E-state index in [1.54, 1.807) is 19.2 Å². The zero-order valence-corrected chi connectivity index (χ0v) is 17.8. The molecule has 8 heteroatoms. The predicted molar refractivity (Wildman–Crippen MR) is 112 cm³/mol. The van der Waals surface area contributed by atoms with Crippen LogP contribution in [0.4, 0.5) is 13.2 Å². The van der Waals surface area contributed by atoms with E-state index >= 15 is 0 Å². The summed E-state index contributed by atoms with van der Waals surface area (Å²) in [6.07, 6.45) is -3.61. The molecule has 1 N–H and O–H groups in total. The number of nitrogens with zero attached hydrogens (tertiary/aromatic N) is 1. The van der Waals surface area contributed by atoms with E-state index in [1.165, 1.54) is 6.07 Å². The Labute approximate surface area is 179 Å². The number of hydrogen-bond acceptors (Lipinski definition) is 4. The van der Waals surface area contributed by atoms with Crippen LogP contribution in [0.1, 0.15) is 36.1 Å². The van der Waals surface area contributed by atoms with Crippen molar-refractivity contribution in [3.05, 3.63) is 58.1 Å². The number of rotatable bonds is 6. The van der Waals surface area contributed by atoms with Gasteiger partial charge in [0, 0.05) is 19.6 Å². The Morgan fingerprint density at radius 2 is 1.80 bits per heavy atom. The van der Waals surface area contributed by atoms with E-state index in [1.807, 2.05) is 19.1 Å². The summed E-state index contributed by atoms with van der Waals surface area (Å²) in [6, 6.07) is 9.33. The van der Waals surface area contributed by atoms with Crippen molar-refractivity contribution in [3.63, 3.8) is 0 Å². The Morgan fingerprint density at radius 1 is 1.07 bits per heavy atom. The number of halogens is 4. The fourth-order valence-corrected chi connectivity index (χ4v) is 4.02. The maximum Gasteiger partial charge on any atom is 0.417 e. The molecule has 2 aromatic rings. The Hall–Kier alpha value is -1.96. The molecular formula is C22H26ClF3N2O2. The number of benzene rings is 2. The van der Waals surface area contributed by atoms with Crippen LogP contribution in [0, 0.1) is 0 Å². The van der Waals surface area contributed by atoms with Gasteiger partial charge in [-0.2, -0.15) is 13.2 Å². The van der Waals surface area contributed by atoms with Crippen molar-refractivity contribution in [1.29, 1.82) is 0 Å². The molecule has 0 spiro atoms. The lowest BCUT2D eigenvalue weighted by Gasteiger charge is -2.32. The van der Waals surface area contributed by atoms with Crippen LogP contribution in [0.15, 0.2) is 36.4 Å². The standard InChI is InChI=1S/C22H26ClF3N2O2/c1-3-30-19-8-6-16(14-20(19)29-2)21(28-11-4-9-27-10-12-28)15-5-7-18(23)17(13-15)22(24,25)26/h5-8,13-14,21,27H,3-4,9-12H2,1-2H3. The van der Waals surface area contributed by atoms with Crippen molar-refractivity contribution >= 4 is 11.6 Å². The second-order valence-electron chi connectivity index (χ2n) is 7.12. The van der Waals surface area contributed by atoms with E-state index in [9.17, 15) is 13.2 Å². The summed E-state index contributed by atoms with van der Waals surface area (Å²) >= 11 is 5.87. The van der Waals surface area contributed by atoms with Gasteiger partial charge in [0.15, 0.2) is 11.5 Å². The van der Waals surface area contributed by atoms with Crippen LogP contribution in [0.25, 0.3) is 0 Å². The first kappa shape index (κ1) is 22.7. The molecule has 3 rings (SSSR count). The van der Waals surface area contributed by atoms with Crippen molar-refractivity contribution in [1.82, 2.24) is 10.2 Å². The minimum atomic E-state index is -4.52. The molecular weight excluding hydrogens is 417 g/mol. The first-order chi connectivity index (χ1) is 14.3. The molecule has 0 aliphatic carbocycles. The lowest BCUT2D eigenvalue weighted by Crippen LogP contribution is -2.33. The molecule has 0 saturated carbocycles. The highest BCUT2D eigenvalue weighted by atomic mass is 35.5. The van der Waals surface area contributed by atoms with Gasteiger partial charge in [-0.25, -0.2) is 0 Å². The molecule has 0 radical (unpaired) electrons. The van der Waals surface area contributed by atoms with Gasteiger partial charge in [0.1, 0.15) is 0 Å². The highest BCUT2D eigenvalue weighted by Crippen LogP contribution is 2.40. The minimum absolute atomic E-state index is 0.299. The lowest BCUT2D eigenvalue weighted by molar-refractivity contribution is -0.137. The van der Waals surface area contributed by atoms with Crippen LogP contribution in [0.3, 0.4) is 0 Å². The van der Waals surface area contributed by atoms with Gasteiger partial charge >= 0.3 is 6.18 Å². The normalized spacial score (nSPS) is 16.7. The van der Waals surface area contributed by atoms with Crippen LogP contribution < -0.4 is 14.8 Å². The van der Waals surface area contributed by atoms with Gasteiger partial charge in [0.05, 0.1) is 30.3 Å². The Kier molecular flexibility index (Phi) is 7.50. The third kappa shape index (κ3) is 5.20. The molecule has 164 valence electrons. The first-order valence-electron chi connectivity index (χ1n) is 9.97. The van der Waals surface area contributed by atoms with Crippen LogP contribution in [0.5, 0.6) is 11.5 Å². The summed E-state index contributed by atoms with van der Waals surface area (Å²) in [5, 5.41) is 3.04. The van der Waals surface area contributed by atoms with E-state index in [0.717, 1.165) is 37.7 Å². The third-order valence-corrected chi connectivity index (χ3v) is 5.48. The van der Waals surface area contributed by atoms with Gasteiger partial charge < -0.3 is 14.8 Å². The zero-order valence-electron chi connectivity index (χ0n) is 17.1. The number of methoxy groups -OCH3 is 1. The highest BCUT2D eigenvalue weighted by Gasteiger charge is 2.35. The van der Waals surface area contributed by atoms with E-state index < -0.39 is 11.7 Å². The molecule has 1 saturated heterocycles. The molecule has 1 heterocycles. The Balaban J connectivity index is 2.10. The fraction of sp³-hybridized carbons (Fsp3) is 0.455. The quantitative estimate of drug-likeness (QED) is 0.670. The maximum absolute atomic E-state index is 13.5. The molecule has 30 heavy (non-hydrogen) atoms. The van der Waals surface area contributed by atoms with E-state index in [0.29, 0.717) is 30.2 Å². The smallest absolute Gasteiger partial charge is 0.417 e. The molecule has 0 amide bonds. The summed E-state index contributed by atoms with van der Waals surface area (Å²) < 4.78 is 51.6. The summed E-state index contributed by atoms with van der Waals surface area (Å²) in [5.41, 5.74) is 0.560. The fourth-order valence-electron chi connectivity index (χ4n) is 3.80. The summed E-state index contributed by atoms with van der Waals surface area (Å²) in [7, 11) is 1.55. The molecule has 1 unspecified atom stereocenters. The van der Waals surface area contributed by atoms with Gasteiger partial charge in [0.2, 0.25) is 0 Å². The van der Waals surface area contributed by atoms with Crippen molar-refractivity contribution in [2.24, 2.45) is 0 Å². The van der Waals surface area contributed by atoms with Gasteiger partial charge in [0.25, 0.3) is 0 Å². The number of alkyl halides is 3. The molecule has 1 atom stereocenters. The molecule has 1 aliphatic heterocycles. The van der Waals surface area contributed by atoms with Crippen molar-refractivity contribution in [2.45, 2.75) is 25.6 Å². The van der Waals surface area contributed by atoms with Crippen LogP contribution in [0.2, 0.25) is 5.02 Å². The summed E-state index contributed by atoms with van der Waals surface area (Å²) in [4.78, 5) is 2.19. The van der Waals surface area contributed by atoms with Gasteiger partial charge in [-0.15, -0.1) is 0 Å². The van der Waals surface area contributed by atoms with Crippen LogP contribution in [-0.4, -0.2) is 44.8 Å². The van der Waals surface area contributed by atoms with E-state index in [4.69, 9.17) is 21.1 Å². The van der Waals surface area contributed by atoms with Gasteiger partial charge in [-0.1, -0.05) is 23.7 Å². The number of hydrogen-bond donors (Lipinski definition) is 1. The van der Waals surface area contributed by atoms with Gasteiger partial charge in [-0.05, 0) is 55.3 Å². The lowest BCUT2D eigenvalue weighted by atomic mass is 9.94. The topological polar surface area (TPSA) is 33.7 Å². The third-order valence-electron chi connectivity index (χ3n) is 5.15. The van der Waals surface area contributed by atoms with Crippen molar-refractivity contribution in [3.8, 4) is 11.5 Å². The number of ether oxygens (including phenoxy) is 2. The second kappa shape index (κ2) is 9.90. The monoisotopic (exact) mass is 442 g/mol. The molecule has 0 bridgehead atoms. The average molecular weight is 443 g/mol. The average Bonchev–Trinajstić information content (AvgIpc) is 2.99. The Morgan fingerprint density at radius 3 is 2.50 bits per heavy atom. The minimum Gasteiger partial charge on any atom is -0.493 e. The van der Waals surface area contributed by atoms with E-state index in [-0.39, 0.29) is 11.1 Å². The zero-order chi connectivity index (χ0) is 21.7. The maximum atomic E-state index is 13.5. The largest absolute Gasteiger partial charge is 0.493 e. The van der Waals surface area contributed by atoms with Crippen LogP contribution in [-0.2, 0) is 6.18 Å². The Bertz CT molecular complexity index is 853. The summed E-state index contributed by atoms with van der Waals surface area (Å²) in [5.74, 6) is 1.16. The molecule has 2 aromatic carbocycles. The first-order valence-corrected chi connectivity index (χ1v) is 10.3. The second-order valence-corrected chi connectivity index (χ2v) is 7.53. The van der Waals surface area contributed by atoms with E-state index in [2.05, 4.69) is 10.2 Å².